The molecular formula is C13H26N4O4. The molecule has 0 saturated heterocycles. The maximum atomic E-state index is 12.0. The van der Waals surface area contributed by atoms with Crippen LogP contribution in [0.2, 0.25) is 0 Å². The third-order valence-electron chi connectivity index (χ3n) is 2.98. The summed E-state index contributed by atoms with van der Waals surface area (Å²) in [7, 11) is 3.89. The molecule has 0 aromatic heterocycles. The fourth-order valence-electron chi connectivity index (χ4n) is 1.77. The summed E-state index contributed by atoms with van der Waals surface area (Å²) in [6, 6.07) is -1.54. The van der Waals surface area contributed by atoms with Crippen molar-refractivity contribution in [1.29, 1.82) is 0 Å². The van der Waals surface area contributed by atoms with Gasteiger partial charge in [-0.1, -0.05) is 0 Å². The van der Waals surface area contributed by atoms with Crippen LogP contribution in [0, 0.1) is 0 Å². The van der Waals surface area contributed by atoms with Gasteiger partial charge in [-0.15, -0.1) is 0 Å². The van der Waals surface area contributed by atoms with Gasteiger partial charge < -0.3 is 26.0 Å². The van der Waals surface area contributed by atoms with Gasteiger partial charge in [-0.25, -0.2) is 9.59 Å². The van der Waals surface area contributed by atoms with Gasteiger partial charge in [-0.3, -0.25) is 4.79 Å². The fourth-order valence-corrected chi connectivity index (χ4v) is 1.77. The Hall–Kier alpha value is -1.83. The average Bonchev–Trinajstić information content (AvgIpc) is 2.38. The summed E-state index contributed by atoms with van der Waals surface area (Å²) >= 11 is 0. The third-order valence-corrected chi connectivity index (χ3v) is 2.98. The van der Waals surface area contributed by atoms with Crippen LogP contribution in [-0.4, -0.2) is 72.6 Å². The van der Waals surface area contributed by atoms with Crippen LogP contribution in [0.25, 0.3) is 0 Å². The lowest BCUT2D eigenvalue weighted by atomic mass is 10.1. The van der Waals surface area contributed by atoms with E-state index in [1.54, 1.807) is 4.90 Å². The number of carbonyl (C=O) groups is 3. The van der Waals surface area contributed by atoms with Gasteiger partial charge in [0.15, 0.2) is 0 Å². The Morgan fingerprint density at radius 1 is 1.24 bits per heavy atom. The number of carboxylic acids is 1. The van der Waals surface area contributed by atoms with Crippen molar-refractivity contribution < 1.29 is 19.5 Å². The topological polar surface area (TPSA) is 116 Å². The Balaban J connectivity index is 4.41. The van der Waals surface area contributed by atoms with Crippen LogP contribution in [0.5, 0.6) is 0 Å². The molecule has 0 fully saturated rings. The number of amides is 3. The molecule has 0 radical (unpaired) electrons. The normalized spacial score (nSPS) is 12.0. The number of urea groups is 1. The minimum Gasteiger partial charge on any atom is -0.480 e. The van der Waals surface area contributed by atoms with E-state index in [4.69, 9.17) is 10.8 Å². The van der Waals surface area contributed by atoms with E-state index in [1.807, 2.05) is 25.9 Å². The van der Waals surface area contributed by atoms with Crippen molar-refractivity contribution >= 4 is 17.9 Å². The first-order valence-electron chi connectivity index (χ1n) is 6.99. The molecule has 122 valence electrons. The molecule has 8 heteroatoms. The van der Waals surface area contributed by atoms with Crippen molar-refractivity contribution in [2.24, 2.45) is 5.73 Å². The highest BCUT2D eigenvalue weighted by Crippen LogP contribution is 2.01. The number of aliphatic carboxylic acids is 1. The molecule has 0 aliphatic carbocycles. The summed E-state index contributed by atoms with van der Waals surface area (Å²) in [5, 5.41) is 11.5. The predicted molar refractivity (Wildman–Crippen MR) is 78.8 cm³/mol. The van der Waals surface area contributed by atoms with Crippen molar-refractivity contribution in [2.75, 3.05) is 33.7 Å². The quantitative estimate of drug-likeness (QED) is 0.512. The second kappa shape index (κ2) is 9.98. The molecule has 0 rings (SSSR count). The highest BCUT2D eigenvalue weighted by Gasteiger charge is 2.22. The summed E-state index contributed by atoms with van der Waals surface area (Å²) in [5.41, 5.74) is 4.99. The second-order valence-electron chi connectivity index (χ2n) is 5.08. The van der Waals surface area contributed by atoms with Crippen LogP contribution in [0.1, 0.15) is 26.2 Å². The number of carbonyl (C=O) groups excluding carboxylic acids is 2. The van der Waals surface area contributed by atoms with E-state index in [-0.39, 0.29) is 12.8 Å². The molecular weight excluding hydrogens is 276 g/mol. The SMILES string of the molecule is CCN(CCCN(C)C)C(=O)N[C@@H](CCC(N)=O)C(=O)O. The maximum Gasteiger partial charge on any atom is 0.326 e. The van der Waals surface area contributed by atoms with Crippen molar-refractivity contribution in [3.05, 3.63) is 0 Å². The van der Waals surface area contributed by atoms with Crippen LogP contribution in [0.4, 0.5) is 4.79 Å². The maximum absolute atomic E-state index is 12.0. The number of rotatable bonds is 10. The second-order valence-corrected chi connectivity index (χ2v) is 5.08. The first-order valence-corrected chi connectivity index (χ1v) is 6.99. The summed E-state index contributed by atoms with van der Waals surface area (Å²) in [5.74, 6) is -1.76. The first-order chi connectivity index (χ1) is 9.77. The lowest BCUT2D eigenvalue weighted by Gasteiger charge is -2.24. The van der Waals surface area contributed by atoms with E-state index in [0.29, 0.717) is 13.1 Å². The summed E-state index contributed by atoms with van der Waals surface area (Å²) in [6.45, 7) is 3.70. The van der Waals surface area contributed by atoms with E-state index in [0.717, 1.165) is 13.0 Å². The van der Waals surface area contributed by atoms with Gasteiger partial charge in [-0.05, 0) is 40.4 Å². The standard InChI is InChI=1S/C13H26N4O4/c1-4-17(9-5-8-16(2)3)13(21)15-10(12(19)20)6-7-11(14)18/h10H,4-9H2,1-3H3,(H2,14,18)(H,15,21)(H,19,20)/t10-/m0/s1. The number of nitrogens with zero attached hydrogens (tertiary/aromatic N) is 2. The van der Waals surface area contributed by atoms with Crippen molar-refractivity contribution in [3.63, 3.8) is 0 Å². The smallest absolute Gasteiger partial charge is 0.326 e. The third kappa shape index (κ3) is 8.85. The Kier molecular flexibility index (Phi) is 9.11. The molecule has 1 atom stereocenters. The predicted octanol–water partition coefficient (Wildman–Crippen LogP) is -0.312. The number of nitrogens with two attached hydrogens (primary N) is 1. The molecule has 0 bridgehead atoms. The number of nitrogens with one attached hydrogen (secondary N) is 1. The molecule has 0 heterocycles. The molecule has 0 aliphatic rings. The highest BCUT2D eigenvalue weighted by atomic mass is 16.4. The molecule has 8 nitrogen and oxygen atoms in total. The number of primary amides is 1. The van der Waals surface area contributed by atoms with Gasteiger partial charge in [-0.2, -0.15) is 0 Å². The van der Waals surface area contributed by atoms with Gasteiger partial charge >= 0.3 is 12.0 Å². The fraction of sp³-hybridized carbons (Fsp3) is 0.769. The van der Waals surface area contributed by atoms with Crippen LogP contribution in [0.15, 0.2) is 0 Å². The van der Waals surface area contributed by atoms with Crippen molar-refractivity contribution in [1.82, 2.24) is 15.1 Å². The van der Waals surface area contributed by atoms with E-state index in [1.165, 1.54) is 0 Å². The Labute approximate surface area is 125 Å². The lowest BCUT2D eigenvalue weighted by molar-refractivity contribution is -0.139. The molecule has 0 unspecified atom stereocenters. The number of hydrogen-bond acceptors (Lipinski definition) is 4. The molecule has 4 N–H and O–H groups in total. The first kappa shape index (κ1) is 19.2. The minimum absolute atomic E-state index is 0.00828. The molecule has 3 amide bonds. The van der Waals surface area contributed by atoms with Crippen LogP contribution >= 0.6 is 0 Å². The van der Waals surface area contributed by atoms with Crippen molar-refractivity contribution in [2.45, 2.75) is 32.2 Å². The van der Waals surface area contributed by atoms with E-state index in [9.17, 15) is 14.4 Å². The van der Waals surface area contributed by atoms with Crippen LogP contribution in [0.3, 0.4) is 0 Å². The molecule has 0 aromatic carbocycles. The number of hydrogen-bond donors (Lipinski definition) is 3. The summed E-state index contributed by atoms with van der Waals surface area (Å²) in [4.78, 5) is 37.4. The zero-order chi connectivity index (χ0) is 16.4. The molecule has 21 heavy (non-hydrogen) atoms. The lowest BCUT2D eigenvalue weighted by Crippen LogP contribution is -2.48. The Morgan fingerprint density at radius 3 is 2.29 bits per heavy atom. The zero-order valence-corrected chi connectivity index (χ0v) is 13.0. The molecule has 0 aliphatic heterocycles. The minimum atomic E-state index is -1.17. The zero-order valence-electron chi connectivity index (χ0n) is 13.0. The van der Waals surface area contributed by atoms with E-state index < -0.39 is 23.9 Å². The van der Waals surface area contributed by atoms with Gasteiger partial charge in [0.1, 0.15) is 6.04 Å². The average molecular weight is 302 g/mol. The van der Waals surface area contributed by atoms with Crippen LogP contribution in [-0.2, 0) is 9.59 Å². The van der Waals surface area contributed by atoms with Gasteiger partial charge in [0.25, 0.3) is 0 Å². The number of carboxylic acid groups (broad SMARTS) is 1. The van der Waals surface area contributed by atoms with E-state index >= 15 is 0 Å². The summed E-state index contributed by atoms with van der Waals surface area (Å²) < 4.78 is 0. The monoisotopic (exact) mass is 302 g/mol. The highest BCUT2D eigenvalue weighted by molar-refractivity contribution is 5.83. The van der Waals surface area contributed by atoms with Gasteiger partial charge in [0, 0.05) is 19.5 Å². The molecule has 0 aromatic rings. The van der Waals surface area contributed by atoms with Gasteiger partial charge in [0.2, 0.25) is 5.91 Å². The molecule has 0 saturated carbocycles. The Bertz CT molecular complexity index is 360. The van der Waals surface area contributed by atoms with Crippen LogP contribution < -0.4 is 11.1 Å². The summed E-state index contributed by atoms with van der Waals surface area (Å²) in [6.07, 6.45) is 0.711. The molecule has 0 spiro atoms. The van der Waals surface area contributed by atoms with Gasteiger partial charge in [0.05, 0.1) is 0 Å². The van der Waals surface area contributed by atoms with Crippen molar-refractivity contribution in [3.8, 4) is 0 Å². The largest absolute Gasteiger partial charge is 0.480 e. The van der Waals surface area contributed by atoms with E-state index in [2.05, 4.69) is 5.32 Å². The Morgan fingerprint density at radius 2 is 1.86 bits per heavy atom.